The van der Waals surface area contributed by atoms with Gasteiger partial charge in [0.05, 0.1) is 10.6 Å². The van der Waals surface area contributed by atoms with Gasteiger partial charge in [0, 0.05) is 31.0 Å². The first-order valence-electron chi connectivity index (χ1n) is 11.0. The van der Waals surface area contributed by atoms with Crippen molar-refractivity contribution in [2.45, 2.75) is 11.3 Å². The van der Waals surface area contributed by atoms with E-state index in [9.17, 15) is 17.9 Å². The van der Waals surface area contributed by atoms with Crippen LogP contribution in [0.5, 0.6) is 5.75 Å². The highest BCUT2D eigenvalue weighted by Gasteiger charge is 2.20. The van der Waals surface area contributed by atoms with Gasteiger partial charge in [0.15, 0.2) is 0 Å². The zero-order valence-electron chi connectivity index (χ0n) is 18.8. The zero-order valence-corrected chi connectivity index (χ0v) is 19.6. The van der Waals surface area contributed by atoms with E-state index in [1.165, 1.54) is 18.4 Å². The van der Waals surface area contributed by atoms with E-state index in [4.69, 9.17) is 4.42 Å². The summed E-state index contributed by atoms with van der Waals surface area (Å²) in [5.41, 5.74) is 2.54. The predicted molar refractivity (Wildman–Crippen MR) is 130 cm³/mol. The highest BCUT2D eigenvalue weighted by atomic mass is 32.2. The van der Waals surface area contributed by atoms with Crippen LogP contribution in [0, 0.1) is 5.82 Å². The van der Waals surface area contributed by atoms with Crippen molar-refractivity contribution in [2.75, 3.05) is 18.4 Å². The molecular formula is C24H21FN6O4S. The van der Waals surface area contributed by atoms with Gasteiger partial charge in [0.1, 0.15) is 29.2 Å². The molecule has 5 rings (SSSR count). The second kappa shape index (κ2) is 9.76. The normalized spacial score (nSPS) is 11.7. The quantitative estimate of drug-likeness (QED) is 0.257. The van der Waals surface area contributed by atoms with Crippen molar-refractivity contribution < 1.29 is 22.3 Å². The van der Waals surface area contributed by atoms with E-state index in [2.05, 4.69) is 25.0 Å². The number of hydrogen-bond acceptors (Lipinski definition) is 8. The summed E-state index contributed by atoms with van der Waals surface area (Å²) in [5, 5.41) is 13.0. The van der Waals surface area contributed by atoms with Gasteiger partial charge in [-0.05, 0) is 48.9 Å². The smallest absolute Gasteiger partial charge is 0.306 e. The topological polar surface area (TPSA) is 135 Å². The third kappa shape index (κ3) is 4.90. The molecule has 0 amide bonds. The molecule has 0 aliphatic rings. The van der Waals surface area contributed by atoms with Crippen LogP contribution in [0.1, 0.15) is 6.42 Å². The summed E-state index contributed by atoms with van der Waals surface area (Å²) in [6.45, 7) is 0.578. The number of aromatic hydroxyl groups is 1. The lowest BCUT2D eigenvalue weighted by Gasteiger charge is -2.09. The minimum absolute atomic E-state index is 0.00167. The number of phenolic OH excluding ortho intramolecular Hbond substituents is 1. The molecule has 0 saturated heterocycles. The third-order valence-electron chi connectivity index (χ3n) is 5.33. The molecule has 3 heterocycles. The van der Waals surface area contributed by atoms with Crippen LogP contribution in [0.3, 0.4) is 0 Å². The molecule has 10 nitrogen and oxygen atoms in total. The van der Waals surface area contributed by atoms with Gasteiger partial charge in [-0.25, -0.2) is 27.5 Å². The van der Waals surface area contributed by atoms with Crippen LogP contribution in [0.4, 0.5) is 10.3 Å². The standard InChI is InChI=1S/C24H21FN6O4S/c25-17-5-7-19(8-6-17)36(33,34)28-11-2-10-26-23-27-12-9-20(29-23)22-21(16-3-1-4-18(32)15-16)30-24-31(22)13-14-35-24/h1,3-9,12-15,28,32H,2,10-11H2,(H,26,27,29). The largest absolute Gasteiger partial charge is 0.508 e. The number of aromatic nitrogens is 4. The molecule has 2 aromatic carbocycles. The molecule has 184 valence electrons. The van der Waals surface area contributed by atoms with Gasteiger partial charge in [-0.15, -0.1) is 0 Å². The summed E-state index contributed by atoms with van der Waals surface area (Å²) in [7, 11) is -3.72. The number of anilines is 1. The maximum absolute atomic E-state index is 13.0. The molecule has 3 N–H and O–H groups in total. The molecule has 0 saturated carbocycles. The molecule has 0 atom stereocenters. The van der Waals surface area contributed by atoms with E-state index in [1.54, 1.807) is 41.1 Å². The average molecular weight is 509 g/mol. The number of fused-ring (bicyclic) bond motifs is 1. The van der Waals surface area contributed by atoms with Crippen LogP contribution in [0.25, 0.3) is 28.5 Å². The molecule has 36 heavy (non-hydrogen) atoms. The fraction of sp³-hybridized carbons (Fsp3) is 0.125. The van der Waals surface area contributed by atoms with Crippen molar-refractivity contribution in [2.24, 2.45) is 0 Å². The van der Waals surface area contributed by atoms with Crippen molar-refractivity contribution in [1.29, 1.82) is 0 Å². The summed E-state index contributed by atoms with van der Waals surface area (Å²) in [5.74, 6) is 0.348. The first-order valence-corrected chi connectivity index (χ1v) is 12.5. The summed E-state index contributed by atoms with van der Waals surface area (Å²) in [6, 6.07) is 13.1. The lowest BCUT2D eigenvalue weighted by atomic mass is 10.1. The number of nitrogens with one attached hydrogen (secondary N) is 2. The minimum atomic E-state index is -3.72. The van der Waals surface area contributed by atoms with E-state index >= 15 is 0 Å². The Morgan fingerprint density at radius 1 is 1.06 bits per heavy atom. The first-order chi connectivity index (χ1) is 17.4. The Morgan fingerprint density at radius 2 is 1.89 bits per heavy atom. The highest BCUT2D eigenvalue weighted by molar-refractivity contribution is 7.89. The van der Waals surface area contributed by atoms with E-state index < -0.39 is 15.8 Å². The van der Waals surface area contributed by atoms with Crippen LogP contribution in [0.15, 0.2) is 82.6 Å². The number of rotatable bonds is 9. The molecule has 0 unspecified atom stereocenters. The van der Waals surface area contributed by atoms with E-state index in [1.807, 2.05) is 6.07 Å². The number of benzene rings is 2. The first kappa shape index (κ1) is 23.5. The van der Waals surface area contributed by atoms with Crippen molar-refractivity contribution in [3.05, 3.63) is 79.1 Å². The molecule has 12 heteroatoms. The van der Waals surface area contributed by atoms with Gasteiger partial charge < -0.3 is 14.8 Å². The molecule has 0 radical (unpaired) electrons. The maximum atomic E-state index is 13.0. The lowest BCUT2D eigenvalue weighted by Crippen LogP contribution is -2.26. The van der Waals surface area contributed by atoms with Gasteiger partial charge in [-0.3, -0.25) is 4.40 Å². The number of hydrogen-bond donors (Lipinski definition) is 3. The summed E-state index contributed by atoms with van der Waals surface area (Å²) in [6.07, 6.45) is 5.31. The summed E-state index contributed by atoms with van der Waals surface area (Å²) < 4.78 is 47.3. The van der Waals surface area contributed by atoms with Crippen LogP contribution < -0.4 is 10.0 Å². The Bertz CT molecular complexity index is 1620. The van der Waals surface area contributed by atoms with Crippen LogP contribution in [-0.4, -0.2) is 46.0 Å². The van der Waals surface area contributed by atoms with Crippen LogP contribution in [0.2, 0.25) is 0 Å². The van der Waals surface area contributed by atoms with Crippen molar-refractivity contribution in [3.8, 4) is 28.4 Å². The van der Waals surface area contributed by atoms with Gasteiger partial charge >= 0.3 is 5.84 Å². The number of nitrogens with zero attached hydrogens (tertiary/aromatic N) is 4. The Labute approximate surface area is 205 Å². The van der Waals surface area contributed by atoms with Gasteiger partial charge in [0.2, 0.25) is 16.0 Å². The van der Waals surface area contributed by atoms with Crippen molar-refractivity contribution in [1.82, 2.24) is 24.1 Å². The molecule has 0 aliphatic heterocycles. The lowest BCUT2D eigenvalue weighted by molar-refractivity contribution is 0.475. The zero-order chi connectivity index (χ0) is 25.1. The molecule has 0 aliphatic carbocycles. The van der Waals surface area contributed by atoms with Crippen molar-refractivity contribution >= 4 is 21.8 Å². The summed E-state index contributed by atoms with van der Waals surface area (Å²) >= 11 is 0. The number of imidazole rings is 1. The fourth-order valence-electron chi connectivity index (χ4n) is 3.65. The number of phenols is 1. The van der Waals surface area contributed by atoms with E-state index in [-0.39, 0.29) is 17.2 Å². The van der Waals surface area contributed by atoms with Gasteiger partial charge in [-0.1, -0.05) is 12.1 Å². The molecule has 0 fully saturated rings. The predicted octanol–water partition coefficient (Wildman–Crippen LogP) is 3.68. The van der Waals surface area contributed by atoms with Gasteiger partial charge in [-0.2, -0.15) is 4.98 Å². The Hall–Kier alpha value is -4.29. The molecule has 3 aromatic heterocycles. The van der Waals surface area contributed by atoms with Gasteiger partial charge in [0.25, 0.3) is 0 Å². The highest BCUT2D eigenvalue weighted by Crippen LogP contribution is 2.33. The van der Waals surface area contributed by atoms with E-state index in [0.29, 0.717) is 47.4 Å². The molecule has 0 bridgehead atoms. The second-order valence-corrected chi connectivity index (χ2v) is 9.58. The number of halogens is 1. The second-order valence-electron chi connectivity index (χ2n) is 7.81. The average Bonchev–Trinajstić information content (AvgIpc) is 3.46. The Kier molecular flexibility index (Phi) is 6.36. The SMILES string of the molecule is O=S(=O)(NCCCNc1nccc(-c2c(-c3cccc(O)c3)nc3occn23)n1)c1ccc(F)cc1. The minimum Gasteiger partial charge on any atom is -0.508 e. The Morgan fingerprint density at radius 3 is 2.69 bits per heavy atom. The number of sulfonamides is 1. The molecule has 5 aromatic rings. The van der Waals surface area contributed by atoms with Crippen LogP contribution in [-0.2, 0) is 10.0 Å². The van der Waals surface area contributed by atoms with E-state index in [0.717, 1.165) is 12.1 Å². The monoisotopic (exact) mass is 508 g/mol. The summed E-state index contributed by atoms with van der Waals surface area (Å²) in [4.78, 5) is 13.4. The van der Waals surface area contributed by atoms with Crippen LogP contribution >= 0.6 is 0 Å². The molecular weight excluding hydrogens is 487 g/mol. The fourth-order valence-corrected chi connectivity index (χ4v) is 4.73. The van der Waals surface area contributed by atoms with Crippen molar-refractivity contribution in [3.63, 3.8) is 0 Å². The Balaban J connectivity index is 1.28. The maximum Gasteiger partial charge on any atom is 0.306 e. The third-order valence-corrected chi connectivity index (χ3v) is 6.81. The molecule has 0 spiro atoms. The number of oxazole rings is 1.